The molecule has 0 aliphatic carbocycles. The Kier molecular flexibility index (Phi) is 4.59. The summed E-state index contributed by atoms with van der Waals surface area (Å²) in [5, 5.41) is 2.85. The van der Waals surface area contributed by atoms with E-state index < -0.39 is 5.54 Å². The molecule has 7 heteroatoms. The number of nitrogens with two attached hydrogens (primary N) is 1. The van der Waals surface area contributed by atoms with E-state index in [1.54, 1.807) is 0 Å². The standard InChI is InChI=1S/C13H22N4O2S/c1-2-3-6-16-7-4-13(5-8-16)11(18)17(9-10(14)20)12(19)15-13/h2-9H2,1H3,(H2,14,20)(H,15,19). The van der Waals surface area contributed by atoms with Gasteiger partial charge in [0.15, 0.2) is 0 Å². The average Bonchev–Trinajstić information content (AvgIpc) is 2.63. The van der Waals surface area contributed by atoms with Crippen LogP contribution in [0.25, 0.3) is 0 Å². The van der Waals surface area contributed by atoms with Crippen LogP contribution in [0.15, 0.2) is 0 Å². The lowest BCUT2D eigenvalue weighted by Gasteiger charge is -2.37. The van der Waals surface area contributed by atoms with Gasteiger partial charge in [0.1, 0.15) is 5.54 Å². The zero-order valence-electron chi connectivity index (χ0n) is 11.9. The molecule has 2 rings (SSSR count). The summed E-state index contributed by atoms with van der Waals surface area (Å²) >= 11 is 4.79. The Hall–Kier alpha value is -1.21. The van der Waals surface area contributed by atoms with E-state index in [1.807, 2.05) is 0 Å². The Morgan fingerprint density at radius 1 is 1.40 bits per heavy atom. The van der Waals surface area contributed by atoms with E-state index in [-0.39, 0.29) is 23.5 Å². The van der Waals surface area contributed by atoms with Gasteiger partial charge in [-0.15, -0.1) is 0 Å². The van der Waals surface area contributed by atoms with Gasteiger partial charge in [0.2, 0.25) is 0 Å². The van der Waals surface area contributed by atoms with Crippen LogP contribution in [0.3, 0.4) is 0 Å². The van der Waals surface area contributed by atoms with Crippen LogP contribution >= 0.6 is 12.2 Å². The van der Waals surface area contributed by atoms with Crippen LogP contribution in [0.2, 0.25) is 0 Å². The Labute approximate surface area is 124 Å². The summed E-state index contributed by atoms with van der Waals surface area (Å²) < 4.78 is 0. The summed E-state index contributed by atoms with van der Waals surface area (Å²) in [6.45, 7) is 4.94. The minimum absolute atomic E-state index is 0.0291. The van der Waals surface area contributed by atoms with Gasteiger partial charge in [-0.2, -0.15) is 0 Å². The molecule has 0 aromatic rings. The van der Waals surface area contributed by atoms with E-state index in [0.717, 1.165) is 24.5 Å². The van der Waals surface area contributed by atoms with Gasteiger partial charge in [0.25, 0.3) is 5.91 Å². The van der Waals surface area contributed by atoms with Crippen molar-refractivity contribution in [2.75, 3.05) is 26.2 Å². The highest BCUT2D eigenvalue weighted by atomic mass is 32.1. The number of amides is 3. The highest BCUT2D eigenvalue weighted by molar-refractivity contribution is 7.80. The van der Waals surface area contributed by atoms with E-state index in [9.17, 15) is 9.59 Å². The Balaban J connectivity index is 1.98. The Morgan fingerprint density at radius 2 is 2.05 bits per heavy atom. The van der Waals surface area contributed by atoms with Crippen molar-refractivity contribution in [2.45, 2.75) is 38.1 Å². The number of thiocarbonyl (C=S) groups is 1. The number of rotatable bonds is 5. The number of carbonyl (C=O) groups excluding carboxylic acids is 2. The average molecular weight is 298 g/mol. The largest absolute Gasteiger partial charge is 0.392 e. The molecule has 0 saturated carbocycles. The summed E-state index contributed by atoms with van der Waals surface area (Å²) in [4.78, 5) is 28.0. The fourth-order valence-electron chi connectivity index (χ4n) is 2.85. The first-order valence-electron chi connectivity index (χ1n) is 7.13. The number of piperidine rings is 1. The quantitative estimate of drug-likeness (QED) is 0.569. The molecule has 0 atom stereocenters. The molecule has 2 heterocycles. The first-order chi connectivity index (χ1) is 9.48. The van der Waals surface area contributed by atoms with Gasteiger partial charge in [-0.1, -0.05) is 25.6 Å². The van der Waals surface area contributed by atoms with E-state index >= 15 is 0 Å². The van der Waals surface area contributed by atoms with Crippen LogP contribution in [0.4, 0.5) is 4.79 Å². The third kappa shape index (κ3) is 2.93. The third-order valence-corrected chi connectivity index (χ3v) is 4.23. The molecule has 112 valence electrons. The number of nitrogens with zero attached hydrogens (tertiary/aromatic N) is 2. The second-order valence-corrected chi connectivity index (χ2v) is 6.09. The van der Waals surface area contributed by atoms with E-state index in [2.05, 4.69) is 17.1 Å². The molecular weight excluding hydrogens is 276 g/mol. The van der Waals surface area contributed by atoms with Crippen LogP contribution in [0.1, 0.15) is 32.6 Å². The number of urea groups is 1. The second kappa shape index (κ2) is 6.05. The van der Waals surface area contributed by atoms with Gasteiger partial charge in [-0.05, 0) is 25.8 Å². The summed E-state index contributed by atoms with van der Waals surface area (Å²) in [7, 11) is 0. The van der Waals surface area contributed by atoms with Crippen LogP contribution in [-0.2, 0) is 4.79 Å². The van der Waals surface area contributed by atoms with Crippen LogP contribution in [-0.4, -0.2) is 58.4 Å². The van der Waals surface area contributed by atoms with Crippen molar-refractivity contribution in [3.05, 3.63) is 0 Å². The predicted octanol–water partition coefficient (Wildman–Crippen LogP) is 0.459. The van der Waals surface area contributed by atoms with E-state index in [1.165, 1.54) is 12.8 Å². The minimum Gasteiger partial charge on any atom is -0.392 e. The monoisotopic (exact) mass is 298 g/mol. The molecule has 0 radical (unpaired) electrons. The SMILES string of the molecule is CCCCN1CCC2(CC1)NC(=O)N(CC(N)=S)C2=O. The smallest absolute Gasteiger partial charge is 0.325 e. The third-order valence-electron chi connectivity index (χ3n) is 4.10. The Morgan fingerprint density at radius 3 is 2.60 bits per heavy atom. The van der Waals surface area contributed by atoms with Crippen LogP contribution < -0.4 is 11.1 Å². The Bertz CT molecular complexity index is 419. The van der Waals surface area contributed by atoms with Gasteiger partial charge in [-0.3, -0.25) is 9.69 Å². The van der Waals surface area contributed by atoms with Crippen molar-refractivity contribution >= 4 is 29.1 Å². The molecule has 3 N–H and O–H groups in total. The van der Waals surface area contributed by atoms with Crippen molar-refractivity contribution in [2.24, 2.45) is 5.73 Å². The van der Waals surface area contributed by atoms with Crippen molar-refractivity contribution in [3.63, 3.8) is 0 Å². The summed E-state index contributed by atoms with van der Waals surface area (Å²) in [6.07, 6.45) is 3.66. The normalized spacial score (nSPS) is 22.4. The first-order valence-corrected chi connectivity index (χ1v) is 7.54. The molecule has 3 amide bonds. The maximum Gasteiger partial charge on any atom is 0.325 e. The van der Waals surface area contributed by atoms with Crippen molar-refractivity contribution in [1.29, 1.82) is 0 Å². The van der Waals surface area contributed by atoms with Gasteiger partial charge >= 0.3 is 6.03 Å². The molecule has 2 aliphatic rings. The second-order valence-electron chi connectivity index (χ2n) is 5.57. The molecule has 2 fully saturated rings. The molecule has 0 aromatic carbocycles. The van der Waals surface area contributed by atoms with Crippen LogP contribution in [0.5, 0.6) is 0 Å². The maximum absolute atomic E-state index is 12.5. The van der Waals surface area contributed by atoms with Crippen molar-refractivity contribution in [1.82, 2.24) is 15.1 Å². The molecule has 0 unspecified atom stereocenters. The van der Waals surface area contributed by atoms with Crippen molar-refractivity contribution < 1.29 is 9.59 Å². The van der Waals surface area contributed by atoms with E-state index in [0.29, 0.717) is 12.8 Å². The van der Waals surface area contributed by atoms with Gasteiger partial charge in [0.05, 0.1) is 11.5 Å². The lowest BCUT2D eigenvalue weighted by molar-refractivity contribution is -0.132. The number of hydrogen-bond acceptors (Lipinski definition) is 4. The molecule has 0 bridgehead atoms. The topological polar surface area (TPSA) is 78.7 Å². The summed E-state index contributed by atoms with van der Waals surface area (Å²) in [5.41, 5.74) is 4.71. The van der Waals surface area contributed by atoms with Crippen molar-refractivity contribution in [3.8, 4) is 0 Å². The predicted molar refractivity (Wildman–Crippen MR) is 80.3 cm³/mol. The van der Waals surface area contributed by atoms with E-state index in [4.69, 9.17) is 18.0 Å². The zero-order chi connectivity index (χ0) is 14.8. The number of carbonyl (C=O) groups is 2. The molecule has 2 saturated heterocycles. The first kappa shape index (κ1) is 15.2. The zero-order valence-corrected chi connectivity index (χ0v) is 12.7. The number of likely N-dealkylation sites (tertiary alicyclic amines) is 1. The fraction of sp³-hybridized carbons (Fsp3) is 0.769. The number of unbranched alkanes of at least 4 members (excludes halogenated alkanes) is 1. The number of hydrogen-bond donors (Lipinski definition) is 2. The number of nitrogens with one attached hydrogen (secondary N) is 1. The highest BCUT2D eigenvalue weighted by Gasteiger charge is 2.52. The fourth-order valence-corrected chi connectivity index (χ4v) is 2.98. The lowest BCUT2D eigenvalue weighted by atomic mass is 9.87. The lowest BCUT2D eigenvalue weighted by Crippen LogP contribution is -2.55. The van der Waals surface area contributed by atoms with Gasteiger partial charge < -0.3 is 16.0 Å². The molecule has 6 nitrogen and oxygen atoms in total. The molecular formula is C13H22N4O2S. The number of imide groups is 1. The molecule has 2 aliphatic heterocycles. The summed E-state index contributed by atoms with van der Waals surface area (Å²) in [6, 6.07) is -0.371. The molecule has 1 spiro atoms. The maximum atomic E-state index is 12.5. The van der Waals surface area contributed by atoms with Crippen LogP contribution in [0, 0.1) is 0 Å². The van der Waals surface area contributed by atoms with Gasteiger partial charge in [0, 0.05) is 13.1 Å². The minimum atomic E-state index is -0.732. The molecule has 20 heavy (non-hydrogen) atoms. The molecule has 0 aromatic heterocycles. The highest BCUT2D eigenvalue weighted by Crippen LogP contribution is 2.29. The summed E-state index contributed by atoms with van der Waals surface area (Å²) in [5.74, 6) is -0.176. The van der Waals surface area contributed by atoms with Gasteiger partial charge in [-0.25, -0.2) is 4.79 Å².